The number of rotatable bonds is 6. The molecule has 1 heterocycles. The molecule has 0 bridgehead atoms. The van der Waals surface area contributed by atoms with E-state index in [1.807, 2.05) is 12.1 Å². The summed E-state index contributed by atoms with van der Waals surface area (Å²) in [6.45, 7) is 7.80. The first-order valence-electron chi connectivity index (χ1n) is 8.14. The molecule has 1 aromatic rings. The molecule has 0 radical (unpaired) electrons. The van der Waals surface area contributed by atoms with Crippen molar-refractivity contribution in [3.05, 3.63) is 24.3 Å². The van der Waals surface area contributed by atoms with Gasteiger partial charge in [-0.1, -0.05) is 20.3 Å². The molecule has 4 nitrogen and oxygen atoms in total. The predicted octanol–water partition coefficient (Wildman–Crippen LogP) is 3.01. The molecule has 124 valence electrons. The summed E-state index contributed by atoms with van der Waals surface area (Å²) in [6.07, 6.45) is 5.07. The smallest absolute Gasteiger partial charge is 0.175 e. The Morgan fingerprint density at radius 1 is 1.23 bits per heavy atom. The van der Waals surface area contributed by atoms with Gasteiger partial charge in [0.2, 0.25) is 0 Å². The summed E-state index contributed by atoms with van der Waals surface area (Å²) in [5, 5.41) is 3.46. The molecule has 1 saturated heterocycles. The van der Waals surface area contributed by atoms with E-state index in [1.54, 1.807) is 12.1 Å². The van der Waals surface area contributed by atoms with E-state index in [4.69, 9.17) is 0 Å². The number of hydrogen-bond donors (Lipinski definition) is 1. The van der Waals surface area contributed by atoms with E-state index in [0.717, 1.165) is 18.8 Å². The first-order valence-corrected chi connectivity index (χ1v) is 10.0. The molecule has 1 aromatic carbocycles. The van der Waals surface area contributed by atoms with Crippen LogP contribution < -0.4 is 5.32 Å². The van der Waals surface area contributed by atoms with Gasteiger partial charge in [0.25, 0.3) is 0 Å². The molecule has 1 aliphatic rings. The highest BCUT2D eigenvalue weighted by molar-refractivity contribution is 7.90. The van der Waals surface area contributed by atoms with Crippen LogP contribution in [0.1, 0.15) is 33.1 Å². The minimum atomic E-state index is -3.11. The van der Waals surface area contributed by atoms with Crippen LogP contribution >= 0.6 is 0 Å². The quantitative estimate of drug-likeness (QED) is 0.874. The SMILES string of the molecule is CC(C)CN1CCCCC1CNc1ccc(S(C)(=O)=O)cc1. The van der Waals surface area contributed by atoms with E-state index in [1.165, 1.54) is 32.1 Å². The number of sulfone groups is 1. The molecular weight excluding hydrogens is 296 g/mol. The fourth-order valence-electron chi connectivity index (χ4n) is 3.06. The van der Waals surface area contributed by atoms with Crippen LogP contribution in [-0.2, 0) is 9.84 Å². The van der Waals surface area contributed by atoms with Crippen LogP contribution in [0.5, 0.6) is 0 Å². The summed E-state index contributed by atoms with van der Waals surface area (Å²) < 4.78 is 22.9. The molecule has 0 spiro atoms. The lowest BCUT2D eigenvalue weighted by Crippen LogP contribution is -2.45. The van der Waals surface area contributed by atoms with E-state index >= 15 is 0 Å². The Labute approximate surface area is 134 Å². The number of anilines is 1. The maximum absolute atomic E-state index is 11.5. The van der Waals surface area contributed by atoms with Gasteiger partial charge in [-0.3, -0.25) is 4.90 Å². The summed E-state index contributed by atoms with van der Waals surface area (Å²) in [4.78, 5) is 2.96. The van der Waals surface area contributed by atoms with Crippen LogP contribution in [0.2, 0.25) is 0 Å². The van der Waals surface area contributed by atoms with E-state index in [2.05, 4.69) is 24.1 Å². The number of benzene rings is 1. The van der Waals surface area contributed by atoms with Crippen molar-refractivity contribution < 1.29 is 8.42 Å². The summed E-state index contributed by atoms with van der Waals surface area (Å²) in [7, 11) is -3.11. The van der Waals surface area contributed by atoms with Crippen molar-refractivity contribution in [1.82, 2.24) is 4.90 Å². The lowest BCUT2D eigenvalue weighted by atomic mass is 10.0. The van der Waals surface area contributed by atoms with Gasteiger partial charge in [-0.25, -0.2) is 8.42 Å². The largest absolute Gasteiger partial charge is 0.383 e. The van der Waals surface area contributed by atoms with Crippen molar-refractivity contribution in [2.24, 2.45) is 5.92 Å². The maximum Gasteiger partial charge on any atom is 0.175 e. The summed E-state index contributed by atoms with van der Waals surface area (Å²) in [5.74, 6) is 0.689. The molecule has 22 heavy (non-hydrogen) atoms. The van der Waals surface area contributed by atoms with Gasteiger partial charge < -0.3 is 5.32 Å². The number of nitrogens with zero attached hydrogens (tertiary/aromatic N) is 1. The molecule has 0 amide bonds. The van der Waals surface area contributed by atoms with Crippen LogP contribution in [0.25, 0.3) is 0 Å². The fraction of sp³-hybridized carbons (Fsp3) is 0.647. The monoisotopic (exact) mass is 324 g/mol. The Balaban J connectivity index is 1.93. The lowest BCUT2D eigenvalue weighted by Gasteiger charge is -2.37. The second-order valence-electron chi connectivity index (χ2n) is 6.72. The standard InChI is InChI=1S/C17H28N2O2S/c1-14(2)13-19-11-5-4-6-16(19)12-18-15-7-9-17(10-8-15)22(3,20)21/h7-10,14,16,18H,4-6,11-13H2,1-3H3. The Bertz CT molecular complexity index is 567. The van der Waals surface area contributed by atoms with Crippen molar-refractivity contribution >= 4 is 15.5 Å². The summed E-state index contributed by atoms with van der Waals surface area (Å²) >= 11 is 0. The minimum absolute atomic E-state index is 0.372. The Morgan fingerprint density at radius 2 is 1.91 bits per heavy atom. The zero-order chi connectivity index (χ0) is 16.2. The van der Waals surface area contributed by atoms with Gasteiger partial charge in [0.1, 0.15) is 0 Å². The zero-order valence-corrected chi connectivity index (χ0v) is 14.7. The predicted molar refractivity (Wildman–Crippen MR) is 92.1 cm³/mol. The average Bonchev–Trinajstić information content (AvgIpc) is 2.45. The van der Waals surface area contributed by atoms with Crippen LogP contribution in [0.4, 0.5) is 5.69 Å². The van der Waals surface area contributed by atoms with Crippen molar-refractivity contribution in [2.75, 3.05) is 31.2 Å². The van der Waals surface area contributed by atoms with Crippen LogP contribution in [0, 0.1) is 5.92 Å². The molecule has 1 unspecified atom stereocenters. The third-order valence-corrected chi connectivity index (χ3v) is 5.30. The van der Waals surface area contributed by atoms with Crippen LogP contribution in [0.15, 0.2) is 29.2 Å². The Kier molecular flexibility index (Phi) is 5.87. The van der Waals surface area contributed by atoms with Gasteiger partial charge in [0.15, 0.2) is 9.84 Å². The molecule has 0 aromatic heterocycles. The second kappa shape index (κ2) is 7.47. The molecular formula is C17H28N2O2S. The van der Waals surface area contributed by atoms with Gasteiger partial charge in [-0.05, 0) is 49.6 Å². The first-order chi connectivity index (χ1) is 10.4. The molecule has 1 fully saturated rings. The zero-order valence-electron chi connectivity index (χ0n) is 13.9. The van der Waals surface area contributed by atoms with E-state index in [-0.39, 0.29) is 0 Å². The van der Waals surface area contributed by atoms with Crippen molar-refractivity contribution in [3.63, 3.8) is 0 Å². The normalized spacial score (nSPS) is 20.3. The third-order valence-electron chi connectivity index (χ3n) is 4.17. The molecule has 5 heteroatoms. The van der Waals surface area contributed by atoms with E-state index in [9.17, 15) is 8.42 Å². The van der Waals surface area contributed by atoms with Crippen molar-refractivity contribution in [3.8, 4) is 0 Å². The molecule has 0 aliphatic carbocycles. The van der Waals surface area contributed by atoms with E-state index < -0.39 is 9.84 Å². The number of piperidine rings is 1. The molecule has 1 N–H and O–H groups in total. The minimum Gasteiger partial charge on any atom is -0.383 e. The van der Waals surface area contributed by atoms with Gasteiger partial charge >= 0.3 is 0 Å². The highest BCUT2D eigenvalue weighted by atomic mass is 32.2. The summed E-state index contributed by atoms with van der Waals surface area (Å²) in [5.41, 5.74) is 0.988. The second-order valence-corrected chi connectivity index (χ2v) is 8.73. The lowest BCUT2D eigenvalue weighted by molar-refractivity contribution is 0.139. The molecule has 1 aliphatic heterocycles. The number of likely N-dealkylation sites (tertiary alicyclic amines) is 1. The topological polar surface area (TPSA) is 49.4 Å². The van der Waals surface area contributed by atoms with Crippen molar-refractivity contribution in [2.45, 2.75) is 44.0 Å². The molecule has 1 atom stereocenters. The first kappa shape index (κ1) is 17.3. The van der Waals surface area contributed by atoms with Gasteiger partial charge in [0.05, 0.1) is 4.90 Å². The number of hydrogen-bond acceptors (Lipinski definition) is 4. The van der Waals surface area contributed by atoms with Crippen LogP contribution in [-0.4, -0.2) is 45.2 Å². The highest BCUT2D eigenvalue weighted by Gasteiger charge is 2.22. The van der Waals surface area contributed by atoms with E-state index in [0.29, 0.717) is 16.9 Å². The third kappa shape index (κ3) is 4.99. The average molecular weight is 324 g/mol. The van der Waals surface area contributed by atoms with Gasteiger partial charge in [-0.15, -0.1) is 0 Å². The number of nitrogens with one attached hydrogen (secondary N) is 1. The molecule has 2 rings (SSSR count). The highest BCUT2D eigenvalue weighted by Crippen LogP contribution is 2.20. The Hall–Kier alpha value is -1.07. The maximum atomic E-state index is 11.5. The van der Waals surface area contributed by atoms with Gasteiger partial charge in [-0.2, -0.15) is 0 Å². The Morgan fingerprint density at radius 3 is 2.50 bits per heavy atom. The molecule has 0 saturated carbocycles. The van der Waals surface area contributed by atoms with Gasteiger partial charge in [0, 0.05) is 31.1 Å². The van der Waals surface area contributed by atoms with Crippen molar-refractivity contribution in [1.29, 1.82) is 0 Å². The van der Waals surface area contributed by atoms with Crippen LogP contribution in [0.3, 0.4) is 0 Å². The summed E-state index contributed by atoms with van der Waals surface area (Å²) in [6, 6.07) is 7.62. The fourth-order valence-corrected chi connectivity index (χ4v) is 3.69.